The quantitative estimate of drug-likeness (QED) is 0.142. The minimum absolute atomic E-state index is 0.0989. The summed E-state index contributed by atoms with van der Waals surface area (Å²) in [6.07, 6.45) is 9.96. The summed E-state index contributed by atoms with van der Waals surface area (Å²) in [6.45, 7) is 21.9. The second-order valence-corrected chi connectivity index (χ2v) is 13.9. The van der Waals surface area contributed by atoms with Gasteiger partial charge in [0.15, 0.2) is 0 Å². The fraction of sp³-hybridized carbons (Fsp3) is 0.514. The first-order valence-electron chi connectivity index (χ1n) is 15.3. The Labute approximate surface area is 265 Å². The lowest BCUT2D eigenvalue weighted by Crippen LogP contribution is -2.41. The highest BCUT2D eigenvalue weighted by atomic mass is 32.2. The normalized spacial score (nSPS) is 20.2. The predicted octanol–water partition coefficient (Wildman–Crippen LogP) is 9.26. The Kier molecular flexibility index (Phi) is 14.1. The maximum absolute atomic E-state index is 12.9. The third-order valence-corrected chi connectivity index (χ3v) is 8.77. The number of hydrogen-bond acceptors (Lipinski definition) is 5. The molecule has 0 saturated carbocycles. The molecule has 2 unspecified atom stereocenters. The highest BCUT2D eigenvalue weighted by Crippen LogP contribution is 2.51. The highest BCUT2D eigenvalue weighted by Gasteiger charge is 2.46. The van der Waals surface area contributed by atoms with Crippen LogP contribution in [0.5, 0.6) is 0 Å². The van der Waals surface area contributed by atoms with E-state index in [-0.39, 0.29) is 23.3 Å². The van der Waals surface area contributed by atoms with Gasteiger partial charge < -0.3 is 15.2 Å². The number of rotatable bonds is 12. The van der Waals surface area contributed by atoms with Crippen LogP contribution in [0.15, 0.2) is 75.3 Å². The summed E-state index contributed by atoms with van der Waals surface area (Å²) >= 11 is 1.72. The van der Waals surface area contributed by atoms with Gasteiger partial charge in [0, 0.05) is 22.8 Å². The number of allylic oxidation sites excluding steroid dienone is 5. The molecule has 0 aliphatic heterocycles. The number of hydrogen-bond donors (Lipinski definition) is 2. The van der Waals surface area contributed by atoms with E-state index in [1.165, 1.54) is 11.1 Å². The van der Waals surface area contributed by atoms with Crippen LogP contribution in [0.1, 0.15) is 105 Å². The number of aliphatic hydroxyl groups is 1. The van der Waals surface area contributed by atoms with Gasteiger partial charge in [-0.05, 0) is 108 Å². The highest BCUT2D eigenvalue weighted by molar-refractivity contribution is 8.04. The van der Waals surface area contributed by atoms with Gasteiger partial charge in [0.05, 0.1) is 12.6 Å². The number of carbonyl (C=O) groups is 1. The van der Waals surface area contributed by atoms with Crippen LogP contribution in [0.4, 0.5) is 4.79 Å². The van der Waals surface area contributed by atoms with E-state index >= 15 is 0 Å². The molecule has 1 aliphatic rings. The van der Waals surface area contributed by atoms with Gasteiger partial charge in [-0.3, -0.25) is 4.99 Å². The fourth-order valence-corrected chi connectivity index (χ4v) is 6.43. The number of benzene rings is 1. The summed E-state index contributed by atoms with van der Waals surface area (Å²) in [4.78, 5) is 18.8. The number of nitrogens with one attached hydrogen (secondary N) is 1. The fourth-order valence-electron chi connectivity index (χ4n) is 5.34. The molecule has 0 heterocycles. The van der Waals surface area contributed by atoms with E-state index in [0.29, 0.717) is 12.1 Å². The van der Waals surface area contributed by atoms with Crippen molar-refractivity contribution in [1.29, 1.82) is 0 Å². The monoisotopic (exact) mass is 604 g/mol. The molecular weight excluding hydrogens is 552 g/mol. The number of nitrogens with zero attached hydrogens (tertiary/aromatic N) is 1. The number of amides is 1. The Balaban J connectivity index is 2.28. The molecule has 234 valence electrons. The summed E-state index contributed by atoms with van der Waals surface area (Å²) in [5.74, 6) is 6.60. The average Bonchev–Trinajstić information content (AvgIpc) is 3.23. The van der Waals surface area contributed by atoms with Crippen molar-refractivity contribution in [3.05, 3.63) is 81.4 Å². The van der Waals surface area contributed by atoms with E-state index in [4.69, 9.17) is 9.73 Å². The number of thioether (sulfide) groups is 1. The van der Waals surface area contributed by atoms with E-state index < -0.39 is 11.7 Å². The van der Waals surface area contributed by atoms with Crippen LogP contribution in [0.2, 0.25) is 0 Å². The van der Waals surface area contributed by atoms with Crippen molar-refractivity contribution in [2.75, 3.05) is 6.61 Å². The zero-order valence-corrected chi connectivity index (χ0v) is 28.6. The van der Waals surface area contributed by atoms with Crippen molar-refractivity contribution < 1.29 is 14.6 Å². The van der Waals surface area contributed by atoms with Gasteiger partial charge in [-0.2, -0.15) is 0 Å². The van der Waals surface area contributed by atoms with Gasteiger partial charge in [0.25, 0.3) is 0 Å². The van der Waals surface area contributed by atoms with Crippen molar-refractivity contribution in [2.24, 2.45) is 10.4 Å². The lowest BCUT2D eigenvalue weighted by molar-refractivity contribution is 0.0435. The summed E-state index contributed by atoms with van der Waals surface area (Å²) in [5.41, 5.74) is 5.25. The van der Waals surface area contributed by atoms with Crippen LogP contribution >= 0.6 is 11.8 Å². The molecule has 1 aliphatic carbocycles. The molecule has 6 heteroatoms. The molecule has 0 bridgehead atoms. The zero-order valence-electron chi connectivity index (χ0n) is 27.8. The molecule has 0 aromatic heterocycles. The number of aliphatic hydroxyl groups excluding tert-OH is 1. The maximum atomic E-state index is 12.9. The maximum Gasteiger partial charge on any atom is 0.408 e. The van der Waals surface area contributed by atoms with Crippen LogP contribution < -0.4 is 5.32 Å². The number of carbonyl (C=O) groups excluding carboxylic acids is 1. The Hall–Kier alpha value is -3.01. The van der Waals surface area contributed by atoms with Gasteiger partial charge in [0.1, 0.15) is 11.3 Å². The number of fused-ring (bicyclic) bond motifs is 1. The first kappa shape index (κ1) is 36.2. The molecule has 0 spiro atoms. The Morgan fingerprint density at radius 1 is 1.28 bits per heavy atom. The Morgan fingerprint density at radius 3 is 2.58 bits per heavy atom. The van der Waals surface area contributed by atoms with Gasteiger partial charge in [0.2, 0.25) is 0 Å². The molecule has 0 fully saturated rings. The van der Waals surface area contributed by atoms with E-state index in [9.17, 15) is 9.90 Å². The van der Waals surface area contributed by atoms with Crippen LogP contribution in [0.25, 0.3) is 0 Å². The van der Waals surface area contributed by atoms with Crippen molar-refractivity contribution >= 4 is 24.1 Å². The minimum Gasteiger partial charge on any atom is -0.444 e. The number of ether oxygens (including phenoxy) is 1. The lowest BCUT2D eigenvalue weighted by atomic mass is 9.73. The standard InChI is InChI=1S/C37H52N2O3S/c1-11-17-33(29(7)26(3)4)43-28(6)24-38-32(27(5)25-40)20-15-16-22-37(21-12-2)23-30-18-13-14-19-31(30)34(37)39-35(41)42-36(8,9)10/h11,13-14,17-19,24,28,34,40H,3,12,16,21-23,25H2,1-2,4-10H3,(H,39,41)/b17-11-,32-27+,33-29+,38-24?/t28?,34-,37?/m1/s1. The van der Waals surface area contributed by atoms with Crippen LogP contribution in [0, 0.1) is 17.3 Å². The average molecular weight is 605 g/mol. The molecule has 2 rings (SSSR count). The van der Waals surface area contributed by atoms with Gasteiger partial charge >= 0.3 is 6.09 Å². The van der Waals surface area contributed by atoms with E-state index in [1.54, 1.807) is 11.8 Å². The first-order chi connectivity index (χ1) is 20.3. The molecule has 0 saturated heterocycles. The minimum atomic E-state index is -0.571. The largest absolute Gasteiger partial charge is 0.444 e. The molecule has 5 nitrogen and oxygen atoms in total. The molecular formula is C37H52N2O3S. The van der Waals surface area contributed by atoms with Gasteiger partial charge in [-0.1, -0.05) is 67.8 Å². The van der Waals surface area contributed by atoms with Crippen molar-refractivity contribution in [3.8, 4) is 11.8 Å². The molecule has 1 aromatic rings. The summed E-state index contributed by atoms with van der Waals surface area (Å²) in [5, 5.41) is 13.2. The smallest absolute Gasteiger partial charge is 0.408 e. The zero-order chi connectivity index (χ0) is 32.2. The second-order valence-electron chi connectivity index (χ2n) is 12.5. The molecule has 0 radical (unpaired) electrons. The van der Waals surface area contributed by atoms with Gasteiger partial charge in [-0.25, -0.2) is 4.79 Å². The molecule has 43 heavy (non-hydrogen) atoms. The summed E-state index contributed by atoms with van der Waals surface area (Å²) in [7, 11) is 0. The molecule has 1 aromatic carbocycles. The van der Waals surface area contributed by atoms with Crippen LogP contribution in [0.3, 0.4) is 0 Å². The summed E-state index contributed by atoms with van der Waals surface area (Å²) in [6, 6.07) is 8.24. The van der Waals surface area contributed by atoms with Crippen LogP contribution in [-0.4, -0.2) is 34.9 Å². The third kappa shape index (κ3) is 10.9. The molecule has 1 amide bonds. The predicted molar refractivity (Wildman–Crippen MR) is 184 cm³/mol. The lowest BCUT2D eigenvalue weighted by Gasteiger charge is -2.36. The van der Waals surface area contributed by atoms with Crippen molar-refractivity contribution in [1.82, 2.24) is 5.32 Å². The number of alkyl carbamates (subject to hydrolysis) is 1. The summed E-state index contributed by atoms with van der Waals surface area (Å²) < 4.78 is 5.65. The Bertz CT molecular complexity index is 1320. The SMILES string of the molecule is C=C(C)/C(C)=C(\C=C/C)SC(C)C=N/C(C#CCCC1(CCC)Cc2ccccc2[C@H]1NC(=O)OC(C)(C)C)=C(\C)CO. The topological polar surface area (TPSA) is 70.9 Å². The van der Waals surface area contributed by atoms with Gasteiger partial charge in [-0.15, -0.1) is 11.8 Å². The second kappa shape index (κ2) is 16.7. The van der Waals surface area contributed by atoms with Crippen molar-refractivity contribution in [3.63, 3.8) is 0 Å². The van der Waals surface area contributed by atoms with Crippen LogP contribution in [-0.2, 0) is 11.2 Å². The van der Waals surface area contributed by atoms with E-state index in [1.807, 2.05) is 59.9 Å². The first-order valence-corrected chi connectivity index (χ1v) is 16.2. The molecule has 2 N–H and O–H groups in total. The third-order valence-electron chi connectivity index (χ3n) is 7.58. The molecule has 3 atom stereocenters. The van der Waals surface area contributed by atoms with Crippen molar-refractivity contribution in [2.45, 2.75) is 111 Å². The number of aliphatic imine (C=N–C) groups is 1. The van der Waals surface area contributed by atoms with E-state index in [0.717, 1.165) is 47.3 Å². The van der Waals surface area contributed by atoms with E-state index in [2.05, 4.69) is 68.8 Å². The Morgan fingerprint density at radius 2 is 1.98 bits per heavy atom.